The number of allylic oxidation sites excluding steroid dienone is 1. The largest absolute Gasteiger partial charge is 0.465 e. The summed E-state index contributed by atoms with van der Waals surface area (Å²) in [7, 11) is 1.30. The van der Waals surface area contributed by atoms with Crippen molar-refractivity contribution in [1.82, 2.24) is 4.57 Å². The number of amides is 1. The molecule has 1 amide bonds. The van der Waals surface area contributed by atoms with Gasteiger partial charge in [-0.15, -0.1) is 0 Å². The van der Waals surface area contributed by atoms with Crippen molar-refractivity contribution in [2.75, 3.05) is 12.0 Å². The van der Waals surface area contributed by atoms with Crippen LogP contribution in [0.15, 0.2) is 59.3 Å². The second kappa shape index (κ2) is 9.40. The summed E-state index contributed by atoms with van der Waals surface area (Å²) in [5, 5.41) is 0.699. The fourth-order valence-corrected chi connectivity index (χ4v) is 4.97. The van der Waals surface area contributed by atoms with E-state index in [0.29, 0.717) is 21.4 Å². The zero-order valence-corrected chi connectivity index (χ0v) is 22.0. The molecule has 0 radical (unpaired) electrons. The Balaban J connectivity index is 1.86. The standard InChI is InChI=1S/C28H26Cl2N2O3/c1-15-9-16(2)11-22(10-15)31-17(3)12-20(18(31)4)13-23-26(28(34)35-6)19(5)32(27(23)33)21-7-8-24(29)25(30)14-21/h7-14H,1-6H3/b23-13-. The van der Waals surface area contributed by atoms with Crippen molar-refractivity contribution in [3.8, 4) is 5.69 Å². The summed E-state index contributed by atoms with van der Waals surface area (Å²) in [4.78, 5) is 27.9. The molecule has 3 aromatic rings. The molecule has 0 N–H and O–H groups in total. The molecule has 2 aromatic carbocycles. The maximum absolute atomic E-state index is 13.6. The monoisotopic (exact) mass is 508 g/mol. The van der Waals surface area contributed by atoms with Gasteiger partial charge >= 0.3 is 5.97 Å². The van der Waals surface area contributed by atoms with Gasteiger partial charge in [0.1, 0.15) is 0 Å². The van der Waals surface area contributed by atoms with Gasteiger partial charge in [-0.05, 0) is 93.8 Å². The summed E-state index contributed by atoms with van der Waals surface area (Å²) >= 11 is 12.3. The maximum Gasteiger partial charge on any atom is 0.340 e. The molecule has 5 nitrogen and oxygen atoms in total. The highest BCUT2D eigenvalue weighted by Crippen LogP contribution is 2.38. The Bertz CT molecular complexity index is 1430. The van der Waals surface area contributed by atoms with Gasteiger partial charge in [0.25, 0.3) is 5.91 Å². The van der Waals surface area contributed by atoms with E-state index < -0.39 is 5.97 Å². The van der Waals surface area contributed by atoms with E-state index in [1.165, 1.54) is 23.1 Å². The van der Waals surface area contributed by atoms with Crippen LogP contribution in [-0.4, -0.2) is 23.6 Å². The molecule has 35 heavy (non-hydrogen) atoms. The lowest BCUT2D eigenvalue weighted by molar-refractivity contribution is -0.136. The number of hydrogen-bond donors (Lipinski definition) is 0. The summed E-state index contributed by atoms with van der Waals surface area (Å²) in [6, 6.07) is 13.3. The topological polar surface area (TPSA) is 51.5 Å². The number of rotatable bonds is 4. The van der Waals surface area contributed by atoms with Gasteiger partial charge < -0.3 is 9.30 Å². The first kappa shape index (κ1) is 24.8. The van der Waals surface area contributed by atoms with Crippen molar-refractivity contribution in [1.29, 1.82) is 0 Å². The molecule has 0 spiro atoms. The number of aryl methyl sites for hydroxylation is 3. The second-order valence-electron chi connectivity index (χ2n) is 8.76. The van der Waals surface area contributed by atoms with E-state index in [0.717, 1.165) is 22.6 Å². The van der Waals surface area contributed by atoms with Crippen LogP contribution >= 0.6 is 23.2 Å². The van der Waals surface area contributed by atoms with Crippen LogP contribution in [0.2, 0.25) is 10.0 Å². The molecule has 1 aliphatic heterocycles. The number of aromatic nitrogens is 1. The van der Waals surface area contributed by atoms with Crippen LogP contribution in [0, 0.1) is 27.7 Å². The van der Waals surface area contributed by atoms with E-state index in [-0.39, 0.29) is 17.1 Å². The number of carbonyl (C=O) groups excluding carboxylic acids is 2. The number of halogens is 2. The van der Waals surface area contributed by atoms with Crippen LogP contribution in [0.4, 0.5) is 5.69 Å². The molecule has 180 valence electrons. The van der Waals surface area contributed by atoms with Crippen molar-refractivity contribution in [2.24, 2.45) is 0 Å². The van der Waals surface area contributed by atoms with E-state index in [4.69, 9.17) is 27.9 Å². The summed E-state index contributed by atoms with van der Waals surface area (Å²) in [6.45, 7) is 9.87. The van der Waals surface area contributed by atoms with Crippen molar-refractivity contribution in [2.45, 2.75) is 34.6 Å². The summed E-state index contributed by atoms with van der Waals surface area (Å²) < 4.78 is 7.18. The van der Waals surface area contributed by atoms with E-state index in [1.807, 2.05) is 19.9 Å². The predicted octanol–water partition coefficient (Wildman–Crippen LogP) is 6.89. The fraction of sp³-hybridized carbons (Fsp3) is 0.214. The Morgan fingerprint density at radius 1 is 0.886 bits per heavy atom. The first-order valence-electron chi connectivity index (χ1n) is 11.1. The number of carbonyl (C=O) groups is 2. The Morgan fingerprint density at radius 3 is 2.14 bits per heavy atom. The number of nitrogens with zero attached hydrogens (tertiary/aromatic N) is 2. The number of benzene rings is 2. The molecular formula is C28H26Cl2N2O3. The Kier molecular flexibility index (Phi) is 6.67. The fourth-order valence-electron chi connectivity index (χ4n) is 4.68. The molecule has 7 heteroatoms. The number of esters is 1. The van der Waals surface area contributed by atoms with Crippen molar-refractivity contribution >= 4 is 46.8 Å². The average Bonchev–Trinajstić information content (AvgIpc) is 3.20. The number of anilines is 1. The minimum atomic E-state index is -0.576. The number of methoxy groups -OCH3 is 1. The highest BCUT2D eigenvalue weighted by atomic mass is 35.5. The van der Waals surface area contributed by atoms with Gasteiger partial charge in [0, 0.05) is 22.8 Å². The minimum absolute atomic E-state index is 0.222. The van der Waals surface area contributed by atoms with Crippen LogP contribution < -0.4 is 4.90 Å². The third-order valence-corrected chi connectivity index (χ3v) is 6.92. The third kappa shape index (κ3) is 4.42. The van der Waals surface area contributed by atoms with Gasteiger partial charge in [-0.2, -0.15) is 0 Å². The lowest BCUT2D eigenvalue weighted by Crippen LogP contribution is -2.24. The molecular weight excluding hydrogens is 483 g/mol. The van der Waals surface area contributed by atoms with Gasteiger partial charge in [-0.1, -0.05) is 29.3 Å². The second-order valence-corrected chi connectivity index (χ2v) is 9.57. The molecule has 0 bridgehead atoms. The van der Waals surface area contributed by atoms with Gasteiger partial charge in [0.2, 0.25) is 0 Å². The van der Waals surface area contributed by atoms with Crippen LogP contribution in [0.25, 0.3) is 11.8 Å². The molecule has 0 unspecified atom stereocenters. The summed E-state index contributed by atoms with van der Waals surface area (Å²) in [5.41, 5.74) is 7.69. The first-order valence-corrected chi connectivity index (χ1v) is 11.9. The van der Waals surface area contributed by atoms with Gasteiger partial charge in [0.15, 0.2) is 0 Å². The SMILES string of the molecule is COC(=O)C1=C(C)N(c2ccc(Cl)c(Cl)c2)C(=O)/C1=C\c1cc(C)n(-c2cc(C)cc(C)c2)c1C. The lowest BCUT2D eigenvalue weighted by atomic mass is 10.0. The summed E-state index contributed by atoms with van der Waals surface area (Å²) in [6.07, 6.45) is 1.76. The van der Waals surface area contributed by atoms with E-state index in [9.17, 15) is 9.59 Å². The van der Waals surface area contributed by atoms with Gasteiger partial charge in [-0.25, -0.2) is 4.79 Å². The zero-order chi connectivity index (χ0) is 25.6. The van der Waals surface area contributed by atoms with E-state index >= 15 is 0 Å². The normalized spacial score (nSPS) is 14.9. The van der Waals surface area contributed by atoms with Crippen LogP contribution in [0.3, 0.4) is 0 Å². The minimum Gasteiger partial charge on any atom is -0.465 e. The van der Waals surface area contributed by atoms with Crippen LogP contribution in [0.5, 0.6) is 0 Å². The molecule has 1 aromatic heterocycles. The van der Waals surface area contributed by atoms with Crippen molar-refractivity contribution in [3.63, 3.8) is 0 Å². The molecule has 0 aliphatic carbocycles. The molecule has 0 saturated carbocycles. The molecule has 2 heterocycles. The lowest BCUT2D eigenvalue weighted by Gasteiger charge is -2.18. The maximum atomic E-state index is 13.6. The Hall–Kier alpha value is -3.28. The van der Waals surface area contributed by atoms with Crippen molar-refractivity contribution in [3.05, 3.63) is 97.4 Å². The molecule has 1 aliphatic rings. The highest BCUT2D eigenvalue weighted by molar-refractivity contribution is 6.42. The number of ether oxygens (including phenoxy) is 1. The number of hydrogen-bond acceptors (Lipinski definition) is 3. The quantitative estimate of drug-likeness (QED) is 0.284. The highest BCUT2D eigenvalue weighted by Gasteiger charge is 2.38. The molecule has 0 atom stereocenters. The van der Waals surface area contributed by atoms with Gasteiger partial charge in [-0.3, -0.25) is 9.69 Å². The average molecular weight is 509 g/mol. The van der Waals surface area contributed by atoms with Crippen LogP contribution in [-0.2, 0) is 14.3 Å². The Labute approximate surface area is 215 Å². The van der Waals surface area contributed by atoms with Gasteiger partial charge in [0.05, 0.1) is 34.0 Å². The van der Waals surface area contributed by atoms with E-state index in [1.54, 1.807) is 31.2 Å². The molecule has 4 rings (SSSR count). The third-order valence-electron chi connectivity index (χ3n) is 6.19. The molecule has 0 fully saturated rings. The Morgan fingerprint density at radius 2 is 1.54 bits per heavy atom. The smallest absolute Gasteiger partial charge is 0.340 e. The van der Waals surface area contributed by atoms with Crippen molar-refractivity contribution < 1.29 is 14.3 Å². The van der Waals surface area contributed by atoms with Crippen LogP contribution in [0.1, 0.15) is 35.0 Å². The van der Waals surface area contributed by atoms with E-state index in [2.05, 4.69) is 36.6 Å². The zero-order valence-electron chi connectivity index (χ0n) is 20.5. The molecule has 0 saturated heterocycles. The summed E-state index contributed by atoms with van der Waals surface area (Å²) in [5.74, 6) is -0.912. The first-order chi connectivity index (χ1) is 16.5. The predicted molar refractivity (Wildman–Crippen MR) is 141 cm³/mol.